The molecule has 2 unspecified atom stereocenters. The zero-order chi connectivity index (χ0) is 61.4. The Hall–Kier alpha value is -6.01. The van der Waals surface area contributed by atoms with Crippen LogP contribution in [0.3, 0.4) is 0 Å². The minimum absolute atomic E-state index is 0.0189. The van der Waals surface area contributed by atoms with Gasteiger partial charge in [0.05, 0.1) is 30.8 Å². The molecule has 0 aliphatic carbocycles. The first-order valence-electron chi connectivity index (χ1n) is 30.1. The second-order valence-electron chi connectivity index (χ2n) is 21.1. The van der Waals surface area contributed by atoms with Gasteiger partial charge in [-0.3, -0.25) is 47.9 Å². The maximum absolute atomic E-state index is 12.3. The van der Waals surface area contributed by atoms with Crippen molar-refractivity contribution >= 4 is 62.9 Å². The second-order valence-corrected chi connectivity index (χ2v) is 22.9. The molecule has 2 atom stereocenters. The van der Waals surface area contributed by atoms with Crippen molar-refractivity contribution in [3.05, 3.63) is 41.2 Å². The van der Waals surface area contributed by atoms with Gasteiger partial charge in [-0.25, -0.2) is 8.42 Å². The van der Waals surface area contributed by atoms with E-state index in [2.05, 4.69) is 48.2 Å². The van der Waals surface area contributed by atoms with Crippen molar-refractivity contribution in [3.63, 3.8) is 0 Å². The standard InChI is InChI=1S/C32H57N7O8S.C27H41NO7/c1-33-29(41)22-21-26(32(44)45)25-27(40)17-15-23-34-30(42)20-16-24-48(46,47)37-31(43)19-14-12-10-8-6-4-2-3-5-7-9-11-13-18-28-35-38-39-36-28;1-3-4-7-22-11-13-23(14-12-22)25(30)9-5-16-28-26(31)20-35-19-18-34-17-6-8-24(29)15-10-21(2)27(32)33/h26H,2-25H2,1H3,(H,33,41)(H,34,42)(H,37,43)(H,44,45)(H,35,36,38,39);11-14,21H,3-10,15-20H2,1-2H3,(H,28,31)(H,32,33). The summed E-state index contributed by atoms with van der Waals surface area (Å²) in [4.78, 5) is 105. The van der Waals surface area contributed by atoms with Crippen LogP contribution in [0.4, 0.5) is 0 Å². The number of hydrogen-bond donors (Lipinski definition) is 7. The van der Waals surface area contributed by atoms with E-state index in [0.717, 1.165) is 57.2 Å². The van der Waals surface area contributed by atoms with E-state index in [1.54, 1.807) is 6.92 Å². The van der Waals surface area contributed by atoms with Gasteiger partial charge in [-0.2, -0.15) is 5.21 Å². The number of aromatic amines is 1. The smallest absolute Gasteiger partial charge is 0.306 e. The van der Waals surface area contributed by atoms with Gasteiger partial charge in [-0.1, -0.05) is 120 Å². The molecular formula is C59H98N8O15S. The number of nitrogens with zero attached hydrogens (tertiary/aromatic N) is 3. The van der Waals surface area contributed by atoms with Crippen LogP contribution >= 0.6 is 0 Å². The Bertz CT molecular complexity index is 2270. The first kappa shape index (κ1) is 75.0. The molecule has 1 heterocycles. The Morgan fingerprint density at radius 2 is 1.17 bits per heavy atom. The summed E-state index contributed by atoms with van der Waals surface area (Å²) in [7, 11) is -2.38. The number of unbranched alkanes of at least 4 members (excludes halogenated alkanes) is 13. The predicted molar refractivity (Wildman–Crippen MR) is 314 cm³/mol. The highest BCUT2D eigenvalue weighted by Gasteiger charge is 2.22. The third-order valence-electron chi connectivity index (χ3n) is 13.7. The van der Waals surface area contributed by atoms with Gasteiger partial charge in [0.2, 0.25) is 33.7 Å². The summed E-state index contributed by atoms with van der Waals surface area (Å²) in [5.74, 6) is -4.62. The lowest BCUT2D eigenvalue weighted by atomic mass is 9.95. The fourth-order valence-electron chi connectivity index (χ4n) is 8.51. The van der Waals surface area contributed by atoms with Crippen molar-refractivity contribution in [3.8, 4) is 0 Å². The van der Waals surface area contributed by atoms with Crippen molar-refractivity contribution in [2.45, 2.75) is 213 Å². The number of H-pyrrole nitrogens is 1. The number of Topliss-reactive ketones (excluding diaryl/α,β-unsaturated/α-hetero) is 3. The number of aromatic nitrogens is 4. The lowest BCUT2D eigenvalue weighted by molar-refractivity contribution is -0.144. The van der Waals surface area contributed by atoms with E-state index < -0.39 is 39.7 Å². The second kappa shape index (κ2) is 48.4. The number of ether oxygens (including phenoxy) is 2. The largest absolute Gasteiger partial charge is 0.481 e. The summed E-state index contributed by atoms with van der Waals surface area (Å²) in [6.07, 6.45) is 21.7. The molecule has 0 fully saturated rings. The highest BCUT2D eigenvalue weighted by molar-refractivity contribution is 7.90. The maximum Gasteiger partial charge on any atom is 0.306 e. The number of aliphatic carboxylic acids is 2. The number of benzene rings is 1. The highest BCUT2D eigenvalue weighted by Crippen LogP contribution is 2.16. The zero-order valence-corrected chi connectivity index (χ0v) is 50.6. The Morgan fingerprint density at radius 1 is 0.578 bits per heavy atom. The third-order valence-corrected chi connectivity index (χ3v) is 15.0. The number of carboxylic acid groups (broad SMARTS) is 2. The van der Waals surface area contributed by atoms with E-state index in [4.69, 9.17) is 14.6 Å². The molecule has 0 saturated carbocycles. The Labute approximate surface area is 491 Å². The van der Waals surface area contributed by atoms with Gasteiger partial charge >= 0.3 is 11.9 Å². The minimum Gasteiger partial charge on any atom is -0.481 e. The summed E-state index contributed by atoms with van der Waals surface area (Å²) in [5, 5.41) is 39.8. The van der Waals surface area contributed by atoms with Crippen LogP contribution in [0.25, 0.3) is 0 Å². The molecule has 7 N–H and O–H groups in total. The molecular weight excluding hydrogens is 1090 g/mol. The van der Waals surface area contributed by atoms with Gasteiger partial charge in [-0.05, 0) is 69.8 Å². The van der Waals surface area contributed by atoms with Crippen LogP contribution in [0, 0.1) is 11.8 Å². The van der Waals surface area contributed by atoms with E-state index in [9.17, 15) is 56.7 Å². The molecule has 0 spiro atoms. The average molecular weight is 1190 g/mol. The Kier molecular flexibility index (Phi) is 43.7. The minimum atomic E-state index is -3.83. The summed E-state index contributed by atoms with van der Waals surface area (Å²) >= 11 is 0. The number of ketones is 3. The Morgan fingerprint density at radius 3 is 1.77 bits per heavy atom. The average Bonchev–Trinajstić information content (AvgIpc) is 3.99. The molecule has 0 radical (unpaired) electrons. The van der Waals surface area contributed by atoms with Crippen molar-refractivity contribution in [1.82, 2.24) is 41.3 Å². The van der Waals surface area contributed by atoms with Crippen LogP contribution in [-0.2, 0) is 70.7 Å². The van der Waals surface area contributed by atoms with Crippen LogP contribution in [-0.4, -0.2) is 144 Å². The van der Waals surface area contributed by atoms with Crippen LogP contribution in [0.5, 0.6) is 0 Å². The number of nitrogens with one attached hydrogen (secondary N) is 5. The molecule has 0 saturated heterocycles. The van der Waals surface area contributed by atoms with E-state index in [-0.39, 0.29) is 112 Å². The number of sulfonamides is 1. The van der Waals surface area contributed by atoms with Crippen molar-refractivity contribution in [2.24, 2.45) is 11.8 Å². The topological polar surface area (TPSA) is 349 Å². The van der Waals surface area contributed by atoms with Crippen molar-refractivity contribution < 1.29 is 71.3 Å². The molecule has 83 heavy (non-hydrogen) atoms. The van der Waals surface area contributed by atoms with E-state index in [0.29, 0.717) is 70.3 Å². The van der Waals surface area contributed by atoms with Gasteiger partial charge in [0.1, 0.15) is 18.2 Å². The SMILES string of the molecule is CCCCc1ccc(C(=O)CCCNC(=O)COCCOCCCC(=O)CCC(C)C(=O)O)cc1.CNC(=O)CCC(CC(=O)CCCNC(=O)CCCS(=O)(=O)NC(=O)CCCCCCCCCCCCCCCc1nn[nH]n1)C(=O)O. The Balaban J connectivity index is 0.000000872. The lowest BCUT2D eigenvalue weighted by Crippen LogP contribution is -2.33. The first-order chi connectivity index (χ1) is 39.8. The van der Waals surface area contributed by atoms with Crippen LogP contribution in [0.2, 0.25) is 0 Å². The molecule has 2 rings (SSSR count). The van der Waals surface area contributed by atoms with Gasteiger partial charge in [0.25, 0.3) is 0 Å². The number of carbonyl (C=O) groups is 9. The number of carboxylic acids is 2. The van der Waals surface area contributed by atoms with Crippen LogP contribution < -0.4 is 20.7 Å². The molecule has 4 amide bonds. The number of hydrogen-bond acceptors (Lipinski definition) is 16. The van der Waals surface area contributed by atoms with Crippen molar-refractivity contribution in [2.75, 3.05) is 52.3 Å². The van der Waals surface area contributed by atoms with Gasteiger partial charge in [-0.15, -0.1) is 10.2 Å². The number of carbonyl (C=O) groups excluding carboxylic acids is 7. The van der Waals surface area contributed by atoms with Crippen LogP contribution in [0.1, 0.15) is 222 Å². The fraction of sp³-hybridized carbons (Fsp3) is 0.729. The third kappa shape index (κ3) is 43.3. The monoisotopic (exact) mass is 1190 g/mol. The quantitative estimate of drug-likeness (QED) is 0.0249. The molecule has 0 bridgehead atoms. The maximum atomic E-state index is 12.3. The number of tetrazole rings is 1. The molecule has 24 heteroatoms. The number of rotatable bonds is 52. The summed E-state index contributed by atoms with van der Waals surface area (Å²) < 4.78 is 37.2. The lowest BCUT2D eigenvalue weighted by Gasteiger charge is -2.11. The molecule has 2 aromatic rings. The van der Waals surface area contributed by atoms with Gasteiger partial charge in [0, 0.05) is 90.1 Å². The van der Waals surface area contributed by atoms with Gasteiger partial charge < -0.3 is 35.6 Å². The van der Waals surface area contributed by atoms with E-state index in [1.165, 1.54) is 64.0 Å². The van der Waals surface area contributed by atoms with E-state index in [1.807, 2.05) is 24.3 Å². The molecule has 0 aliphatic heterocycles. The highest BCUT2D eigenvalue weighted by atomic mass is 32.2. The molecule has 470 valence electrons. The van der Waals surface area contributed by atoms with Crippen molar-refractivity contribution in [1.29, 1.82) is 0 Å². The van der Waals surface area contributed by atoms with E-state index >= 15 is 0 Å². The summed E-state index contributed by atoms with van der Waals surface area (Å²) in [5.41, 5.74) is 1.95. The molecule has 1 aromatic carbocycles. The number of aryl methyl sites for hydroxylation is 2. The molecule has 0 aliphatic rings. The zero-order valence-electron chi connectivity index (χ0n) is 49.8. The summed E-state index contributed by atoms with van der Waals surface area (Å²) in [6.45, 7) is 5.28. The first-order valence-corrected chi connectivity index (χ1v) is 31.8. The van der Waals surface area contributed by atoms with Gasteiger partial charge in [0.15, 0.2) is 11.6 Å². The van der Waals surface area contributed by atoms with Crippen LogP contribution in [0.15, 0.2) is 24.3 Å². The molecule has 1 aromatic heterocycles. The molecule has 23 nitrogen and oxygen atoms in total. The summed E-state index contributed by atoms with van der Waals surface area (Å²) in [6, 6.07) is 7.78. The fourth-order valence-corrected chi connectivity index (χ4v) is 9.59. The normalized spacial score (nSPS) is 11.8. The predicted octanol–water partition coefficient (Wildman–Crippen LogP) is 7.50. The number of amides is 4.